The number of hydrogen-bond donors (Lipinski definition) is 2. The summed E-state index contributed by atoms with van der Waals surface area (Å²) in [7, 11) is 1.04. The van der Waals surface area contributed by atoms with E-state index in [2.05, 4.69) is 25.2 Å². The fraction of sp³-hybridized carbons (Fsp3) is 0.409. The van der Waals surface area contributed by atoms with Crippen LogP contribution in [0.25, 0.3) is 22.2 Å². The summed E-state index contributed by atoms with van der Waals surface area (Å²) in [5.74, 6) is 0.0997. The molecule has 0 fully saturated rings. The number of nitrogens with zero attached hydrogens (tertiary/aromatic N) is 4. The highest BCUT2D eigenvalue weighted by Gasteiger charge is 2.36. The molecule has 3 rings (SSSR count). The van der Waals surface area contributed by atoms with Crippen molar-refractivity contribution in [3.05, 3.63) is 35.7 Å². The molecule has 0 atom stereocenters. The minimum Gasteiger partial charge on any atom is -0.360 e. The van der Waals surface area contributed by atoms with Gasteiger partial charge in [0.25, 0.3) is 0 Å². The Morgan fingerprint density at radius 3 is 2.58 bits per heavy atom. The summed E-state index contributed by atoms with van der Waals surface area (Å²) in [5, 5.41) is 13.2. The van der Waals surface area contributed by atoms with Crippen molar-refractivity contribution in [2.24, 2.45) is 0 Å². The largest absolute Gasteiger partial charge is 0.419 e. The molecule has 0 aliphatic rings. The first-order valence-electron chi connectivity index (χ1n) is 10.4. The van der Waals surface area contributed by atoms with Crippen molar-refractivity contribution < 1.29 is 17.7 Å². The molecule has 2 aromatic heterocycles. The van der Waals surface area contributed by atoms with Gasteiger partial charge < -0.3 is 19.8 Å². The van der Waals surface area contributed by atoms with E-state index in [0.717, 1.165) is 25.6 Å². The van der Waals surface area contributed by atoms with Crippen molar-refractivity contribution in [2.45, 2.75) is 19.0 Å². The summed E-state index contributed by atoms with van der Waals surface area (Å²) in [6.45, 7) is 4.47. The quantitative estimate of drug-likeness (QED) is 0.365. The van der Waals surface area contributed by atoms with E-state index in [4.69, 9.17) is 0 Å². The van der Waals surface area contributed by atoms with Gasteiger partial charge in [-0.15, -0.1) is 0 Å². The zero-order valence-corrected chi connectivity index (χ0v) is 19.8. The average Bonchev–Trinajstić information content (AvgIpc) is 3.14. The first-order valence-corrected chi connectivity index (χ1v) is 13.0. The fourth-order valence-corrected chi connectivity index (χ4v) is 5.09. The van der Waals surface area contributed by atoms with E-state index in [9.17, 15) is 23.0 Å². The number of benzene rings is 1. The molecular formula is C22H26F3N6OP. The summed E-state index contributed by atoms with van der Waals surface area (Å²) in [6.07, 6.45) is -0.743. The van der Waals surface area contributed by atoms with Crippen LogP contribution in [0.3, 0.4) is 0 Å². The van der Waals surface area contributed by atoms with Gasteiger partial charge in [0.1, 0.15) is 12.7 Å². The summed E-state index contributed by atoms with van der Waals surface area (Å²) in [5.41, 5.74) is -0.444. The smallest absolute Gasteiger partial charge is 0.360 e. The van der Waals surface area contributed by atoms with Crippen molar-refractivity contribution in [1.29, 1.82) is 5.26 Å². The Balaban J connectivity index is 2.07. The van der Waals surface area contributed by atoms with Crippen LogP contribution < -0.4 is 10.6 Å². The van der Waals surface area contributed by atoms with Crippen LogP contribution in [-0.4, -0.2) is 60.4 Å². The second kappa shape index (κ2) is 9.54. The Morgan fingerprint density at radius 2 is 1.97 bits per heavy atom. The number of halogens is 3. The molecule has 0 aliphatic heterocycles. The first kappa shape index (κ1) is 24.7. The molecular weight excluding hydrogens is 452 g/mol. The third-order valence-electron chi connectivity index (χ3n) is 5.15. The number of hydrogen-bond acceptors (Lipinski definition) is 6. The van der Waals surface area contributed by atoms with Gasteiger partial charge in [0.05, 0.1) is 28.1 Å². The van der Waals surface area contributed by atoms with E-state index in [1.165, 1.54) is 25.6 Å². The standard InChI is InChI=1S/C22H26F3N6OP/c1-31(2)10-6-5-9-27-21-29-13-17(22(23,24)25)18(30-21)16-12-28-19-15(16)8-7-14(11-26)20(19)33(3,4)32/h7-8,12-13,28H,5-6,9-10H2,1-4H3,(H,27,29,30). The molecule has 0 spiro atoms. The Hall–Kier alpha value is -2.89. The average molecular weight is 478 g/mol. The molecule has 11 heteroatoms. The Kier molecular flexibility index (Phi) is 7.15. The van der Waals surface area contributed by atoms with E-state index in [-0.39, 0.29) is 22.8 Å². The zero-order chi connectivity index (χ0) is 24.4. The minimum absolute atomic E-state index is 0.0997. The van der Waals surface area contributed by atoms with Crippen LogP contribution >= 0.6 is 7.14 Å². The predicted octanol–water partition coefficient (Wildman–Crippen LogP) is 4.52. The molecule has 2 N–H and O–H groups in total. The van der Waals surface area contributed by atoms with Crippen molar-refractivity contribution >= 4 is 29.3 Å². The van der Waals surface area contributed by atoms with Gasteiger partial charge in [0.2, 0.25) is 5.95 Å². The van der Waals surface area contributed by atoms with Crippen LogP contribution in [0.2, 0.25) is 0 Å². The number of aromatic amines is 1. The minimum atomic E-state index is -4.66. The number of nitriles is 1. The summed E-state index contributed by atoms with van der Waals surface area (Å²) in [4.78, 5) is 13.0. The molecule has 1 aromatic carbocycles. The van der Waals surface area contributed by atoms with Crippen molar-refractivity contribution in [3.8, 4) is 17.3 Å². The molecule has 33 heavy (non-hydrogen) atoms. The van der Waals surface area contributed by atoms with Crippen molar-refractivity contribution in [1.82, 2.24) is 19.9 Å². The molecule has 0 unspecified atom stereocenters. The van der Waals surface area contributed by atoms with Crippen LogP contribution in [0.1, 0.15) is 24.0 Å². The Morgan fingerprint density at radius 1 is 1.24 bits per heavy atom. The maximum absolute atomic E-state index is 13.8. The maximum atomic E-state index is 13.8. The highest BCUT2D eigenvalue weighted by Crippen LogP contribution is 2.42. The lowest BCUT2D eigenvalue weighted by molar-refractivity contribution is -0.137. The van der Waals surface area contributed by atoms with E-state index >= 15 is 0 Å². The zero-order valence-electron chi connectivity index (χ0n) is 18.9. The topological polar surface area (TPSA) is 97.7 Å². The molecule has 7 nitrogen and oxygen atoms in total. The molecule has 3 aromatic rings. The summed E-state index contributed by atoms with van der Waals surface area (Å²) in [6, 6.07) is 5.05. The molecule has 0 saturated heterocycles. The van der Waals surface area contributed by atoms with Gasteiger partial charge in [-0.25, -0.2) is 9.97 Å². The van der Waals surface area contributed by atoms with Crippen LogP contribution in [0.5, 0.6) is 0 Å². The maximum Gasteiger partial charge on any atom is 0.419 e. The Labute approximate surface area is 190 Å². The highest BCUT2D eigenvalue weighted by molar-refractivity contribution is 7.70. The summed E-state index contributed by atoms with van der Waals surface area (Å²) >= 11 is 0. The van der Waals surface area contributed by atoms with Gasteiger partial charge >= 0.3 is 6.18 Å². The Bertz CT molecular complexity index is 1240. The monoisotopic (exact) mass is 478 g/mol. The van der Waals surface area contributed by atoms with Gasteiger partial charge in [-0.2, -0.15) is 18.4 Å². The van der Waals surface area contributed by atoms with E-state index in [1.807, 2.05) is 20.2 Å². The van der Waals surface area contributed by atoms with Crippen LogP contribution in [-0.2, 0) is 10.7 Å². The second-order valence-electron chi connectivity index (χ2n) is 8.44. The van der Waals surface area contributed by atoms with Crippen molar-refractivity contribution in [2.75, 3.05) is 45.8 Å². The molecule has 0 amide bonds. The summed E-state index contributed by atoms with van der Waals surface area (Å²) < 4.78 is 54.2. The molecule has 0 saturated carbocycles. The second-order valence-corrected chi connectivity index (χ2v) is 11.6. The lowest BCUT2D eigenvalue weighted by Crippen LogP contribution is -2.15. The van der Waals surface area contributed by atoms with Gasteiger partial charge in [-0.05, 0) is 52.9 Å². The van der Waals surface area contributed by atoms with Crippen LogP contribution in [0.15, 0.2) is 24.5 Å². The number of anilines is 1. The SMILES string of the molecule is CN(C)CCCCNc1ncc(C(F)(F)F)c(-c2c[nH]c3c(P(C)(C)=O)c(C#N)ccc23)n1. The normalized spacial score (nSPS) is 12.3. The molecule has 2 heterocycles. The van der Waals surface area contributed by atoms with E-state index in [1.54, 1.807) is 6.07 Å². The lowest BCUT2D eigenvalue weighted by atomic mass is 10.0. The van der Waals surface area contributed by atoms with Crippen molar-refractivity contribution in [3.63, 3.8) is 0 Å². The van der Waals surface area contributed by atoms with Gasteiger partial charge in [0, 0.05) is 29.9 Å². The number of H-pyrrole nitrogens is 1. The first-order chi connectivity index (χ1) is 15.4. The number of rotatable bonds is 8. The number of unbranched alkanes of at least 4 members (excludes halogenated alkanes) is 1. The molecule has 0 radical (unpaired) electrons. The lowest BCUT2D eigenvalue weighted by Gasteiger charge is -2.14. The number of aromatic nitrogens is 3. The van der Waals surface area contributed by atoms with Crippen LogP contribution in [0.4, 0.5) is 19.1 Å². The van der Waals surface area contributed by atoms with Gasteiger partial charge in [-0.1, -0.05) is 6.07 Å². The highest BCUT2D eigenvalue weighted by atomic mass is 31.2. The third kappa shape index (κ3) is 5.55. The predicted molar refractivity (Wildman–Crippen MR) is 124 cm³/mol. The number of nitrogens with one attached hydrogen (secondary N) is 2. The number of fused-ring (bicyclic) bond motifs is 1. The number of alkyl halides is 3. The molecule has 0 aliphatic carbocycles. The molecule has 0 bridgehead atoms. The van der Waals surface area contributed by atoms with Gasteiger partial charge in [0.15, 0.2) is 0 Å². The fourth-order valence-electron chi connectivity index (χ4n) is 3.66. The van der Waals surface area contributed by atoms with Crippen LogP contribution in [0, 0.1) is 11.3 Å². The van der Waals surface area contributed by atoms with E-state index in [0.29, 0.717) is 22.8 Å². The molecule has 176 valence electrons. The van der Waals surface area contributed by atoms with E-state index < -0.39 is 18.9 Å². The van der Waals surface area contributed by atoms with Gasteiger partial charge in [-0.3, -0.25) is 0 Å². The third-order valence-corrected chi connectivity index (χ3v) is 6.69.